The second-order valence-electron chi connectivity index (χ2n) is 9.49. The van der Waals surface area contributed by atoms with E-state index in [0.717, 1.165) is 63.8 Å². The molecule has 2 aliphatic heterocycles. The van der Waals surface area contributed by atoms with Gasteiger partial charge in [0.1, 0.15) is 24.1 Å². The Bertz CT molecular complexity index is 1270. The number of aromatic nitrogens is 2. The van der Waals surface area contributed by atoms with Gasteiger partial charge in [-0.25, -0.2) is 14.4 Å². The smallest absolute Gasteiger partial charge is 0.222 e. The van der Waals surface area contributed by atoms with E-state index < -0.39 is 5.82 Å². The zero-order valence-corrected chi connectivity index (χ0v) is 21.6. The third kappa shape index (κ3) is 6.05. The van der Waals surface area contributed by atoms with E-state index in [4.69, 9.17) is 21.1 Å². The topological polar surface area (TPSA) is 79.8 Å². The molecule has 0 bridgehead atoms. The molecule has 5 rings (SSSR count). The molecule has 2 aromatic carbocycles. The van der Waals surface area contributed by atoms with Gasteiger partial charge in [-0.2, -0.15) is 0 Å². The first-order valence-corrected chi connectivity index (χ1v) is 13.1. The normalized spacial score (nSPS) is 16.9. The van der Waals surface area contributed by atoms with Gasteiger partial charge in [0.15, 0.2) is 11.5 Å². The summed E-state index contributed by atoms with van der Waals surface area (Å²) >= 11 is 5.94. The van der Waals surface area contributed by atoms with Gasteiger partial charge < -0.3 is 24.6 Å². The fourth-order valence-corrected chi connectivity index (χ4v) is 5.16. The predicted octanol–water partition coefficient (Wildman–Crippen LogP) is 5.03. The van der Waals surface area contributed by atoms with Crippen LogP contribution in [0.1, 0.15) is 32.1 Å². The first kappa shape index (κ1) is 25.5. The SMILES string of the molecule is COc1cc2ncnc(Nc3ccc(F)c(Cl)c3)c2cc1OC1CCN(CCCN2CCCC2=O)CC1. The summed E-state index contributed by atoms with van der Waals surface area (Å²) in [4.78, 5) is 25.0. The van der Waals surface area contributed by atoms with Crippen LogP contribution in [0.2, 0.25) is 5.02 Å². The lowest BCUT2D eigenvalue weighted by Crippen LogP contribution is -2.39. The maximum Gasteiger partial charge on any atom is 0.222 e. The van der Waals surface area contributed by atoms with Crippen molar-refractivity contribution >= 4 is 39.9 Å². The van der Waals surface area contributed by atoms with Gasteiger partial charge in [-0.05, 0) is 56.5 Å². The van der Waals surface area contributed by atoms with E-state index in [1.54, 1.807) is 13.2 Å². The van der Waals surface area contributed by atoms with E-state index in [0.29, 0.717) is 40.8 Å². The number of piperidine rings is 1. The van der Waals surface area contributed by atoms with Gasteiger partial charge >= 0.3 is 0 Å². The molecule has 8 nitrogen and oxygen atoms in total. The number of halogens is 2. The van der Waals surface area contributed by atoms with Gasteiger partial charge in [0, 0.05) is 49.7 Å². The number of amides is 1. The number of fused-ring (bicyclic) bond motifs is 1. The average Bonchev–Trinajstić information content (AvgIpc) is 3.31. The average molecular weight is 528 g/mol. The summed E-state index contributed by atoms with van der Waals surface area (Å²) in [6.07, 6.45) is 6.05. The van der Waals surface area contributed by atoms with Crippen LogP contribution in [-0.4, -0.2) is 71.6 Å². The predicted molar refractivity (Wildman–Crippen MR) is 141 cm³/mol. The fraction of sp³-hybridized carbons (Fsp3) is 0.444. The number of likely N-dealkylation sites (tertiary alicyclic amines) is 2. The van der Waals surface area contributed by atoms with Gasteiger partial charge in [-0.15, -0.1) is 0 Å². The van der Waals surface area contributed by atoms with Crippen LogP contribution in [0.5, 0.6) is 11.5 Å². The van der Waals surface area contributed by atoms with Crippen LogP contribution in [0.3, 0.4) is 0 Å². The Labute approximate surface area is 220 Å². The highest BCUT2D eigenvalue weighted by molar-refractivity contribution is 6.31. The van der Waals surface area contributed by atoms with Gasteiger partial charge in [0.05, 0.1) is 17.6 Å². The zero-order chi connectivity index (χ0) is 25.8. The number of methoxy groups -OCH3 is 1. The standard InChI is InChI=1S/C27H31ClFN5O3/c1-36-24-16-23-20(27(31-17-30-23)32-18-5-6-22(29)21(28)14-18)15-25(24)37-19-7-12-33(13-8-19)9-3-11-34-10-2-4-26(34)35/h5-6,14-17,19H,2-4,7-13H2,1H3,(H,30,31,32). The maximum absolute atomic E-state index is 13.6. The largest absolute Gasteiger partial charge is 0.493 e. The molecule has 0 atom stereocenters. The van der Waals surface area contributed by atoms with Crippen molar-refractivity contribution in [3.8, 4) is 11.5 Å². The van der Waals surface area contributed by atoms with Crippen LogP contribution < -0.4 is 14.8 Å². The summed E-state index contributed by atoms with van der Waals surface area (Å²) in [6, 6.07) is 8.16. The lowest BCUT2D eigenvalue weighted by Gasteiger charge is -2.32. The Kier molecular flexibility index (Phi) is 7.90. The molecule has 0 spiro atoms. The molecule has 2 aliphatic rings. The quantitative estimate of drug-likeness (QED) is 0.418. The molecule has 196 valence electrons. The molecular weight excluding hydrogens is 497 g/mol. The second kappa shape index (κ2) is 11.5. The molecule has 2 saturated heterocycles. The van der Waals surface area contributed by atoms with E-state index in [1.165, 1.54) is 18.5 Å². The Hall–Kier alpha value is -3.17. The zero-order valence-electron chi connectivity index (χ0n) is 20.9. The number of rotatable bonds is 9. The monoisotopic (exact) mass is 527 g/mol. The summed E-state index contributed by atoms with van der Waals surface area (Å²) in [7, 11) is 1.61. The van der Waals surface area contributed by atoms with Crippen LogP contribution in [0.25, 0.3) is 10.9 Å². The molecular formula is C27H31ClFN5O3. The number of carbonyl (C=O) groups excluding carboxylic acids is 1. The minimum atomic E-state index is -0.479. The van der Waals surface area contributed by atoms with Crippen molar-refractivity contribution in [1.82, 2.24) is 19.8 Å². The number of hydrogen-bond donors (Lipinski definition) is 1. The van der Waals surface area contributed by atoms with Crippen molar-refractivity contribution in [3.63, 3.8) is 0 Å². The Morgan fingerprint density at radius 2 is 1.95 bits per heavy atom. The highest BCUT2D eigenvalue weighted by Gasteiger charge is 2.24. The summed E-state index contributed by atoms with van der Waals surface area (Å²) in [5.41, 5.74) is 1.31. The lowest BCUT2D eigenvalue weighted by molar-refractivity contribution is -0.127. The van der Waals surface area contributed by atoms with E-state index in [9.17, 15) is 9.18 Å². The highest BCUT2D eigenvalue weighted by atomic mass is 35.5. The van der Waals surface area contributed by atoms with Crippen molar-refractivity contribution in [2.45, 2.75) is 38.2 Å². The summed E-state index contributed by atoms with van der Waals surface area (Å²) in [5.74, 6) is 1.62. The van der Waals surface area contributed by atoms with Crippen LogP contribution in [-0.2, 0) is 4.79 Å². The number of hydrogen-bond acceptors (Lipinski definition) is 7. The van der Waals surface area contributed by atoms with Crippen LogP contribution >= 0.6 is 11.6 Å². The van der Waals surface area contributed by atoms with Crippen molar-refractivity contribution in [2.75, 3.05) is 45.2 Å². The van der Waals surface area contributed by atoms with Gasteiger partial charge in [-0.3, -0.25) is 4.79 Å². The first-order valence-electron chi connectivity index (χ1n) is 12.7. The Morgan fingerprint density at radius 1 is 1.11 bits per heavy atom. The first-order chi connectivity index (χ1) is 18.0. The molecule has 1 N–H and O–H groups in total. The summed E-state index contributed by atoms with van der Waals surface area (Å²) < 4.78 is 25.6. The van der Waals surface area contributed by atoms with Gasteiger partial charge in [0.25, 0.3) is 0 Å². The molecule has 2 fully saturated rings. The summed E-state index contributed by atoms with van der Waals surface area (Å²) in [5, 5.41) is 3.99. The fourth-order valence-electron chi connectivity index (χ4n) is 4.98. The number of anilines is 2. The van der Waals surface area contributed by atoms with Gasteiger partial charge in [0.2, 0.25) is 5.91 Å². The molecule has 0 radical (unpaired) electrons. The molecule has 1 aromatic heterocycles. The van der Waals surface area contributed by atoms with Crippen molar-refractivity contribution in [1.29, 1.82) is 0 Å². The highest BCUT2D eigenvalue weighted by Crippen LogP contribution is 2.36. The number of nitrogens with one attached hydrogen (secondary N) is 1. The molecule has 10 heteroatoms. The molecule has 3 aromatic rings. The number of ether oxygens (including phenoxy) is 2. The van der Waals surface area contributed by atoms with Crippen molar-refractivity contribution in [3.05, 3.63) is 47.5 Å². The molecule has 1 amide bonds. The third-order valence-electron chi connectivity index (χ3n) is 7.01. The number of nitrogens with zero attached hydrogens (tertiary/aromatic N) is 4. The third-order valence-corrected chi connectivity index (χ3v) is 7.29. The van der Waals surface area contributed by atoms with Crippen molar-refractivity contribution in [2.24, 2.45) is 0 Å². The van der Waals surface area contributed by atoms with Crippen LogP contribution in [0.4, 0.5) is 15.9 Å². The number of carbonyl (C=O) groups is 1. The van der Waals surface area contributed by atoms with E-state index in [1.807, 2.05) is 17.0 Å². The minimum absolute atomic E-state index is 0.0323. The molecule has 0 saturated carbocycles. The molecule has 0 unspecified atom stereocenters. The molecule has 3 heterocycles. The molecule has 0 aliphatic carbocycles. The number of benzene rings is 2. The summed E-state index contributed by atoms with van der Waals surface area (Å²) in [6.45, 7) is 4.66. The van der Waals surface area contributed by atoms with Crippen molar-refractivity contribution < 1.29 is 18.7 Å². The lowest BCUT2D eigenvalue weighted by atomic mass is 10.1. The second-order valence-corrected chi connectivity index (χ2v) is 9.90. The van der Waals surface area contributed by atoms with E-state index >= 15 is 0 Å². The minimum Gasteiger partial charge on any atom is -0.493 e. The maximum atomic E-state index is 13.6. The van der Waals surface area contributed by atoms with E-state index in [-0.39, 0.29) is 11.1 Å². The van der Waals surface area contributed by atoms with Crippen LogP contribution in [0.15, 0.2) is 36.7 Å². The van der Waals surface area contributed by atoms with E-state index in [2.05, 4.69) is 20.2 Å². The Morgan fingerprint density at radius 3 is 2.68 bits per heavy atom. The molecule has 37 heavy (non-hydrogen) atoms. The Balaban J connectivity index is 1.23. The van der Waals surface area contributed by atoms with Gasteiger partial charge in [-0.1, -0.05) is 11.6 Å². The van der Waals surface area contributed by atoms with Crippen LogP contribution in [0, 0.1) is 5.82 Å².